The van der Waals surface area contributed by atoms with E-state index < -0.39 is 18.0 Å². The molecule has 3 fully saturated rings. The molecule has 0 aromatic carbocycles. The molecule has 0 unspecified atom stereocenters. The van der Waals surface area contributed by atoms with Gasteiger partial charge in [-0.25, -0.2) is 4.79 Å². The number of aliphatic hydroxyl groups excluding tert-OH is 1. The Labute approximate surface area is 174 Å². The van der Waals surface area contributed by atoms with E-state index in [1.807, 2.05) is 11.8 Å². The first-order valence-electron chi connectivity index (χ1n) is 10.5. The standard InChI is InChI=1S/C20H29N3O5S/c1-10-15-14(11(2)24)19(26)23(15)16(20(27)28)17(10)29-12-5-6-13(21-9-12)18(25)22-7-3-4-8-22/h10-15,21,24H,3-9H2,1-2H3,(H,27,28)/t10-,11-,12+,13+,14-,15-/m1/s1. The van der Waals surface area contributed by atoms with E-state index in [4.69, 9.17) is 0 Å². The summed E-state index contributed by atoms with van der Waals surface area (Å²) < 4.78 is 0. The maximum atomic E-state index is 12.6. The Morgan fingerprint density at radius 1 is 1.24 bits per heavy atom. The van der Waals surface area contributed by atoms with Gasteiger partial charge in [0.25, 0.3) is 0 Å². The number of hydrogen-bond acceptors (Lipinski definition) is 6. The number of rotatable bonds is 5. The van der Waals surface area contributed by atoms with Crippen LogP contribution >= 0.6 is 11.8 Å². The summed E-state index contributed by atoms with van der Waals surface area (Å²) in [4.78, 5) is 40.9. The van der Waals surface area contributed by atoms with Crippen LogP contribution in [-0.2, 0) is 14.4 Å². The van der Waals surface area contributed by atoms with E-state index in [1.165, 1.54) is 16.7 Å². The second-order valence-electron chi connectivity index (χ2n) is 8.58. The zero-order valence-electron chi connectivity index (χ0n) is 16.8. The van der Waals surface area contributed by atoms with Crippen LogP contribution in [0.1, 0.15) is 39.5 Å². The van der Waals surface area contributed by atoms with Gasteiger partial charge in [-0.05, 0) is 32.6 Å². The van der Waals surface area contributed by atoms with Crippen molar-refractivity contribution in [1.29, 1.82) is 0 Å². The molecule has 160 valence electrons. The molecule has 4 rings (SSSR count). The van der Waals surface area contributed by atoms with Crippen LogP contribution < -0.4 is 5.32 Å². The van der Waals surface area contributed by atoms with Crippen molar-refractivity contribution in [1.82, 2.24) is 15.1 Å². The number of amides is 2. The van der Waals surface area contributed by atoms with Gasteiger partial charge in [-0.3, -0.25) is 9.59 Å². The van der Waals surface area contributed by atoms with Crippen molar-refractivity contribution in [3.63, 3.8) is 0 Å². The molecule has 29 heavy (non-hydrogen) atoms. The van der Waals surface area contributed by atoms with E-state index in [1.54, 1.807) is 6.92 Å². The molecule has 3 saturated heterocycles. The van der Waals surface area contributed by atoms with E-state index in [2.05, 4.69) is 5.32 Å². The van der Waals surface area contributed by atoms with Gasteiger partial charge in [0, 0.05) is 35.7 Å². The lowest BCUT2D eigenvalue weighted by Gasteiger charge is -2.46. The average Bonchev–Trinajstić information content (AvgIpc) is 3.28. The highest BCUT2D eigenvalue weighted by molar-refractivity contribution is 8.03. The summed E-state index contributed by atoms with van der Waals surface area (Å²) in [5, 5.41) is 23.2. The fourth-order valence-electron chi connectivity index (χ4n) is 5.16. The molecule has 8 nitrogen and oxygen atoms in total. The van der Waals surface area contributed by atoms with Crippen molar-refractivity contribution in [2.45, 2.75) is 63.0 Å². The molecule has 0 bridgehead atoms. The van der Waals surface area contributed by atoms with Crippen LogP contribution in [0.25, 0.3) is 0 Å². The molecule has 0 aromatic heterocycles. The van der Waals surface area contributed by atoms with Crippen LogP contribution in [0.2, 0.25) is 0 Å². The highest BCUT2D eigenvalue weighted by Gasteiger charge is 2.60. The summed E-state index contributed by atoms with van der Waals surface area (Å²) in [5.41, 5.74) is 0.0738. The molecule has 2 amide bonds. The third kappa shape index (κ3) is 3.47. The number of hydrogen-bond donors (Lipinski definition) is 3. The van der Waals surface area contributed by atoms with Crippen LogP contribution in [0.5, 0.6) is 0 Å². The van der Waals surface area contributed by atoms with E-state index in [0.717, 1.165) is 43.7 Å². The Morgan fingerprint density at radius 2 is 1.93 bits per heavy atom. The molecular formula is C20H29N3O5S. The van der Waals surface area contributed by atoms with Crippen molar-refractivity contribution in [2.24, 2.45) is 11.8 Å². The summed E-state index contributed by atoms with van der Waals surface area (Å²) in [6.45, 7) is 5.85. The molecule has 0 aliphatic carbocycles. The van der Waals surface area contributed by atoms with Crippen molar-refractivity contribution < 1.29 is 24.6 Å². The zero-order valence-corrected chi connectivity index (χ0v) is 17.7. The topological polar surface area (TPSA) is 110 Å². The first-order valence-corrected chi connectivity index (χ1v) is 11.4. The highest BCUT2D eigenvalue weighted by Crippen LogP contribution is 2.51. The zero-order chi connectivity index (χ0) is 20.9. The molecule has 4 aliphatic rings. The normalized spacial score (nSPS) is 35.6. The summed E-state index contributed by atoms with van der Waals surface area (Å²) in [6.07, 6.45) is 2.91. The van der Waals surface area contributed by atoms with Gasteiger partial charge in [0.1, 0.15) is 5.70 Å². The minimum Gasteiger partial charge on any atom is -0.477 e. The second-order valence-corrected chi connectivity index (χ2v) is 9.92. The lowest BCUT2D eigenvalue weighted by molar-refractivity contribution is -0.163. The van der Waals surface area contributed by atoms with Crippen LogP contribution in [0.3, 0.4) is 0 Å². The molecule has 3 N–H and O–H groups in total. The molecule has 6 atom stereocenters. The summed E-state index contributed by atoms with van der Waals surface area (Å²) >= 11 is 1.52. The fourth-order valence-corrected chi connectivity index (χ4v) is 6.60. The minimum absolute atomic E-state index is 0.0738. The SMILES string of the molecule is C[C@@H](O)[C@H]1C(=O)N2C(C(=O)O)=C(S[C@H]3CC[C@@H](C(=O)N4CCCC4)NC3)[C@H](C)[C@H]12. The van der Waals surface area contributed by atoms with Gasteiger partial charge in [0.15, 0.2) is 0 Å². The number of aliphatic carboxylic acids is 1. The number of nitrogens with one attached hydrogen (secondary N) is 1. The lowest BCUT2D eigenvalue weighted by atomic mass is 9.79. The second kappa shape index (κ2) is 7.92. The number of piperidine rings is 1. The summed E-state index contributed by atoms with van der Waals surface area (Å²) in [5.74, 6) is -1.87. The quantitative estimate of drug-likeness (QED) is 0.556. The molecule has 0 radical (unpaired) electrons. The van der Waals surface area contributed by atoms with E-state index in [9.17, 15) is 24.6 Å². The first-order chi connectivity index (χ1) is 13.8. The van der Waals surface area contributed by atoms with Crippen LogP contribution in [0.15, 0.2) is 10.6 Å². The van der Waals surface area contributed by atoms with Gasteiger partial charge in [0.05, 0.1) is 24.1 Å². The lowest BCUT2D eigenvalue weighted by Crippen LogP contribution is -2.63. The van der Waals surface area contributed by atoms with E-state index >= 15 is 0 Å². The molecule has 0 spiro atoms. The van der Waals surface area contributed by atoms with Gasteiger partial charge < -0.3 is 25.3 Å². The Kier molecular flexibility index (Phi) is 5.65. The fraction of sp³-hybridized carbons (Fsp3) is 0.750. The first kappa shape index (κ1) is 20.7. The maximum Gasteiger partial charge on any atom is 0.353 e. The van der Waals surface area contributed by atoms with Crippen molar-refractivity contribution >= 4 is 29.5 Å². The number of β-lactam (4-membered cyclic amide) rings is 1. The Bertz CT molecular complexity index is 740. The van der Waals surface area contributed by atoms with Gasteiger partial charge in [-0.15, -0.1) is 11.8 Å². The van der Waals surface area contributed by atoms with Gasteiger partial charge in [0.2, 0.25) is 11.8 Å². The monoisotopic (exact) mass is 423 g/mol. The molecule has 9 heteroatoms. The molecule has 4 heterocycles. The van der Waals surface area contributed by atoms with Gasteiger partial charge in [-0.1, -0.05) is 6.92 Å². The minimum atomic E-state index is -1.09. The number of aliphatic hydroxyl groups is 1. The highest BCUT2D eigenvalue weighted by atomic mass is 32.2. The van der Waals surface area contributed by atoms with Crippen molar-refractivity contribution in [3.8, 4) is 0 Å². The largest absolute Gasteiger partial charge is 0.477 e. The number of nitrogens with zero attached hydrogens (tertiary/aromatic N) is 2. The van der Waals surface area contributed by atoms with E-state index in [-0.39, 0.29) is 40.8 Å². The van der Waals surface area contributed by atoms with Crippen molar-refractivity contribution in [2.75, 3.05) is 19.6 Å². The number of thioether (sulfide) groups is 1. The number of carboxylic acid groups (broad SMARTS) is 1. The maximum absolute atomic E-state index is 12.6. The molecule has 0 aromatic rings. The van der Waals surface area contributed by atoms with Crippen LogP contribution in [0.4, 0.5) is 0 Å². The molecule has 0 saturated carbocycles. The molecule has 4 aliphatic heterocycles. The predicted molar refractivity (Wildman–Crippen MR) is 108 cm³/mol. The average molecular weight is 424 g/mol. The third-order valence-electron chi connectivity index (χ3n) is 6.69. The number of fused-ring (bicyclic) bond motifs is 1. The van der Waals surface area contributed by atoms with Crippen LogP contribution in [0, 0.1) is 11.8 Å². The Morgan fingerprint density at radius 3 is 2.48 bits per heavy atom. The van der Waals surface area contributed by atoms with Crippen LogP contribution in [-0.4, -0.2) is 80.9 Å². The van der Waals surface area contributed by atoms with Gasteiger partial charge in [-0.2, -0.15) is 0 Å². The summed E-state index contributed by atoms with van der Waals surface area (Å²) in [7, 11) is 0. The summed E-state index contributed by atoms with van der Waals surface area (Å²) in [6, 6.07) is -0.433. The van der Waals surface area contributed by atoms with E-state index in [0.29, 0.717) is 6.54 Å². The Hall–Kier alpha value is -1.58. The number of carbonyl (C=O) groups is 3. The Balaban J connectivity index is 1.42. The molecular weight excluding hydrogens is 394 g/mol. The number of carbonyl (C=O) groups excluding carboxylic acids is 2. The third-order valence-corrected chi connectivity index (χ3v) is 8.24. The van der Waals surface area contributed by atoms with Gasteiger partial charge >= 0.3 is 5.97 Å². The predicted octanol–water partition coefficient (Wildman–Crippen LogP) is 0.616. The smallest absolute Gasteiger partial charge is 0.353 e. The number of likely N-dealkylation sites (tertiary alicyclic amines) is 1. The van der Waals surface area contributed by atoms with Crippen molar-refractivity contribution in [3.05, 3.63) is 10.6 Å². The number of carboxylic acids is 1.